The van der Waals surface area contributed by atoms with Gasteiger partial charge in [-0.1, -0.05) is 13.8 Å². The van der Waals surface area contributed by atoms with Crippen molar-refractivity contribution < 1.29 is 19.1 Å². The Morgan fingerprint density at radius 3 is 2.72 bits per heavy atom. The zero-order valence-corrected chi connectivity index (χ0v) is 22.5. The number of piperidine rings is 1. The summed E-state index contributed by atoms with van der Waals surface area (Å²) in [5, 5.41) is 3.46. The van der Waals surface area contributed by atoms with E-state index in [1.54, 1.807) is 7.11 Å². The summed E-state index contributed by atoms with van der Waals surface area (Å²) in [5.74, 6) is 1.47. The number of morpholine rings is 1. The fraction of sp³-hybridized carbons (Fsp3) is 0.815. The van der Waals surface area contributed by atoms with Crippen LogP contribution in [0.2, 0.25) is 0 Å². The van der Waals surface area contributed by atoms with Crippen LogP contribution < -0.4 is 5.32 Å². The second-order valence-corrected chi connectivity index (χ2v) is 10.9. The quantitative estimate of drug-likeness (QED) is 0.492. The van der Waals surface area contributed by atoms with E-state index in [-0.39, 0.29) is 23.8 Å². The predicted octanol–water partition coefficient (Wildman–Crippen LogP) is 2.12. The molecule has 0 bridgehead atoms. The van der Waals surface area contributed by atoms with Gasteiger partial charge < -0.3 is 29.2 Å². The minimum atomic E-state index is -0.118. The molecule has 2 saturated heterocycles. The van der Waals surface area contributed by atoms with Gasteiger partial charge in [-0.3, -0.25) is 9.59 Å². The third-order valence-electron chi connectivity index (χ3n) is 7.66. The van der Waals surface area contributed by atoms with Crippen molar-refractivity contribution in [2.45, 2.75) is 71.4 Å². The number of fused-ring (bicyclic) bond motifs is 1. The number of aromatic nitrogens is 2. The third-order valence-corrected chi connectivity index (χ3v) is 7.66. The fourth-order valence-corrected chi connectivity index (χ4v) is 5.82. The number of carbonyl (C=O) groups excluding carboxylic acids is 2. The molecule has 0 spiro atoms. The van der Waals surface area contributed by atoms with Gasteiger partial charge in [0.15, 0.2) is 0 Å². The highest BCUT2D eigenvalue weighted by Gasteiger charge is 2.37. The molecule has 0 aliphatic carbocycles. The van der Waals surface area contributed by atoms with Crippen LogP contribution >= 0.6 is 0 Å². The molecular weight excluding hydrogens is 458 g/mol. The minimum Gasteiger partial charge on any atom is -0.385 e. The molecular formula is C27H45N5O4. The highest BCUT2D eigenvalue weighted by molar-refractivity contribution is 5.94. The molecule has 202 valence electrons. The largest absolute Gasteiger partial charge is 0.385 e. The standard InChI is InChI=1S/C27H45N5O4/c1-20(2)19-32(22-16-21(17-28-18-22)26(33)30-11-14-36-15-12-30)27(34)25-23(8-5-7-13-35-3)31-10-6-4-9-24(31)29-25/h20-22,28H,4-19H2,1-3H3/t21-,22+/m1/s1. The number of ether oxygens (including phenoxy) is 2. The van der Waals surface area contributed by atoms with Gasteiger partial charge in [0.05, 0.1) is 24.8 Å². The molecule has 4 heterocycles. The maximum atomic E-state index is 14.2. The Bertz CT molecular complexity index is 880. The van der Waals surface area contributed by atoms with Crippen molar-refractivity contribution in [2.24, 2.45) is 11.8 Å². The van der Waals surface area contributed by atoms with E-state index in [2.05, 4.69) is 23.7 Å². The highest BCUT2D eigenvalue weighted by Crippen LogP contribution is 2.26. The van der Waals surface area contributed by atoms with Crippen LogP contribution in [0.3, 0.4) is 0 Å². The number of amides is 2. The lowest BCUT2D eigenvalue weighted by Crippen LogP contribution is -2.56. The van der Waals surface area contributed by atoms with Crippen LogP contribution in [0.4, 0.5) is 0 Å². The maximum absolute atomic E-state index is 14.2. The molecule has 3 aliphatic rings. The number of unbranched alkanes of at least 4 members (excludes halogenated alkanes) is 1. The van der Waals surface area contributed by atoms with Gasteiger partial charge in [0.25, 0.3) is 5.91 Å². The van der Waals surface area contributed by atoms with Crippen molar-refractivity contribution >= 4 is 11.8 Å². The minimum absolute atomic E-state index is 0.0243. The second kappa shape index (κ2) is 13.0. The second-order valence-electron chi connectivity index (χ2n) is 10.9. The Kier molecular flexibility index (Phi) is 9.79. The van der Waals surface area contributed by atoms with Crippen molar-refractivity contribution in [2.75, 3.05) is 59.7 Å². The number of carbonyl (C=O) groups is 2. The molecule has 36 heavy (non-hydrogen) atoms. The van der Waals surface area contributed by atoms with Crippen molar-refractivity contribution in [1.82, 2.24) is 24.7 Å². The topological polar surface area (TPSA) is 88.9 Å². The molecule has 9 heteroatoms. The molecule has 0 radical (unpaired) electrons. The van der Waals surface area contributed by atoms with Crippen LogP contribution in [0.15, 0.2) is 0 Å². The molecule has 0 saturated carbocycles. The van der Waals surface area contributed by atoms with E-state index in [1.807, 2.05) is 9.80 Å². The number of aryl methyl sites for hydroxylation is 1. The van der Waals surface area contributed by atoms with E-state index in [9.17, 15) is 9.59 Å². The lowest BCUT2D eigenvalue weighted by atomic mass is 9.92. The average Bonchev–Trinajstić information content (AvgIpc) is 3.28. The van der Waals surface area contributed by atoms with Crippen molar-refractivity contribution in [3.8, 4) is 0 Å². The van der Waals surface area contributed by atoms with Crippen LogP contribution in [0.1, 0.15) is 68.0 Å². The van der Waals surface area contributed by atoms with E-state index in [0.717, 1.165) is 63.2 Å². The number of nitrogens with one attached hydrogen (secondary N) is 1. The summed E-state index contributed by atoms with van der Waals surface area (Å²) >= 11 is 0. The molecule has 1 N–H and O–H groups in total. The molecule has 3 aliphatic heterocycles. The first-order valence-electron chi connectivity index (χ1n) is 13.9. The Morgan fingerprint density at radius 1 is 1.17 bits per heavy atom. The van der Waals surface area contributed by atoms with Crippen LogP contribution in [0.25, 0.3) is 0 Å². The summed E-state index contributed by atoms with van der Waals surface area (Å²) < 4.78 is 13.0. The first kappa shape index (κ1) is 27.1. The van der Waals surface area contributed by atoms with Crippen LogP contribution in [0.5, 0.6) is 0 Å². The zero-order valence-electron chi connectivity index (χ0n) is 22.5. The molecule has 0 aromatic carbocycles. The van der Waals surface area contributed by atoms with E-state index in [1.165, 1.54) is 0 Å². The number of methoxy groups -OCH3 is 1. The molecule has 2 atom stereocenters. The predicted molar refractivity (Wildman–Crippen MR) is 138 cm³/mol. The van der Waals surface area contributed by atoms with Gasteiger partial charge in [-0.25, -0.2) is 4.98 Å². The van der Waals surface area contributed by atoms with Crippen molar-refractivity contribution in [1.29, 1.82) is 0 Å². The Balaban J connectivity index is 1.54. The maximum Gasteiger partial charge on any atom is 0.274 e. The molecule has 9 nitrogen and oxygen atoms in total. The molecule has 0 unspecified atom stereocenters. The van der Waals surface area contributed by atoms with Gasteiger partial charge in [-0.15, -0.1) is 0 Å². The van der Waals surface area contributed by atoms with Gasteiger partial charge in [0, 0.05) is 65.4 Å². The van der Waals surface area contributed by atoms with E-state index >= 15 is 0 Å². The fourth-order valence-electron chi connectivity index (χ4n) is 5.82. The summed E-state index contributed by atoms with van der Waals surface area (Å²) in [4.78, 5) is 36.3. The lowest BCUT2D eigenvalue weighted by molar-refractivity contribution is -0.140. The first-order chi connectivity index (χ1) is 17.5. The molecule has 1 aromatic rings. The van der Waals surface area contributed by atoms with Crippen LogP contribution in [0, 0.1) is 11.8 Å². The van der Waals surface area contributed by atoms with Gasteiger partial charge in [-0.2, -0.15) is 0 Å². The Morgan fingerprint density at radius 2 is 1.97 bits per heavy atom. The molecule has 4 rings (SSSR count). The number of imidazole rings is 1. The molecule has 2 amide bonds. The lowest BCUT2D eigenvalue weighted by Gasteiger charge is -2.40. The number of nitrogens with zero attached hydrogens (tertiary/aromatic N) is 4. The van der Waals surface area contributed by atoms with Crippen molar-refractivity contribution in [3.05, 3.63) is 17.2 Å². The normalized spacial score (nSPS) is 22.5. The van der Waals surface area contributed by atoms with Gasteiger partial charge in [0.1, 0.15) is 11.5 Å². The number of hydrogen-bond acceptors (Lipinski definition) is 6. The van der Waals surface area contributed by atoms with Crippen LogP contribution in [-0.2, 0) is 33.7 Å². The average molecular weight is 504 g/mol. The third kappa shape index (κ3) is 6.47. The zero-order chi connectivity index (χ0) is 25.5. The van der Waals surface area contributed by atoms with Crippen molar-refractivity contribution in [3.63, 3.8) is 0 Å². The number of rotatable bonds is 10. The Hall–Kier alpha value is -1.97. The number of hydrogen-bond donors (Lipinski definition) is 1. The van der Waals surface area contributed by atoms with E-state index in [4.69, 9.17) is 14.5 Å². The first-order valence-corrected chi connectivity index (χ1v) is 13.9. The van der Waals surface area contributed by atoms with E-state index in [0.29, 0.717) is 64.0 Å². The summed E-state index contributed by atoms with van der Waals surface area (Å²) in [7, 11) is 1.73. The highest BCUT2D eigenvalue weighted by atomic mass is 16.5. The van der Waals surface area contributed by atoms with Crippen LogP contribution in [-0.4, -0.2) is 96.9 Å². The summed E-state index contributed by atoms with van der Waals surface area (Å²) in [5.41, 5.74) is 1.72. The van der Waals surface area contributed by atoms with Gasteiger partial charge in [0.2, 0.25) is 5.91 Å². The summed E-state index contributed by atoms with van der Waals surface area (Å²) in [6.07, 6.45) is 6.68. The SMILES string of the molecule is COCCCCc1c(C(=O)N(CC(C)C)[C@@H]2CNC[C@H](C(=O)N3CCOCC3)C2)nc2n1CCCC2. The molecule has 1 aromatic heterocycles. The Labute approximate surface area is 215 Å². The van der Waals surface area contributed by atoms with Gasteiger partial charge >= 0.3 is 0 Å². The summed E-state index contributed by atoms with van der Waals surface area (Å²) in [6, 6.07) is -0.0243. The van der Waals surface area contributed by atoms with E-state index < -0.39 is 0 Å². The monoisotopic (exact) mass is 503 g/mol. The molecule has 2 fully saturated rings. The smallest absolute Gasteiger partial charge is 0.274 e. The van der Waals surface area contributed by atoms with Gasteiger partial charge in [-0.05, 0) is 44.4 Å². The summed E-state index contributed by atoms with van der Waals surface area (Å²) in [6.45, 7) is 10.5.